The zero-order chi connectivity index (χ0) is 8.53. The van der Waals surface area contributed by atoms with E-state index in [0.29, 0.717) is 6.10 Å². The molecule has 11 heavy (non-hydrogen) atoms. The minimum atomic E-state index is 0.394. The van der Waals surface area contributed by atoms with Crippen LogP contribution in [0.15, 0.2) is 0 Å². The average molecular weight is 159 g/mol. The molecule has 1 atom stereocenters. The summed E-state index contributed by atoms with van der Waals surface area (Å²) in [6, 6.07) is 0. The van der Waals surface area contributed by atoms with Gasteiger partial charge in [-0.2, -0.15) is 0 Å². The fraction of sp³-hybridized carbons (Fsp3) is 1.00. The number of nitrogens with two attached hydrogens (primary N) is 1. The molecule has 2 heteroatoms. The quantitative estimate of drug-likeness (QED) is 0.576. The van der Waals surface area contributed by atoms with Crippen LogP contribution in [-0.4, -0.2) is 19.3 Å². The van der Waals surface area contributed by atoms with Gasteiger partial charge in [0.15, 0.2) is 0 Å². The van der Waals surface area contributed by atoms with E-state index in [0.717, 1.165) is 26.0 Å². The van der Waals surface area contributed by atoms with Gasteiger partial charge in [0.25, 0.3) is 0 Å². The topological polar surface area (TPSA) is 35.2 Å². The summed E-state index contributed by atoms with van der Waals surface area (Å²) in [6.07, 6.45) is 4.95. The molecule has 0 fully saturated rings. The molecule has 0 rings (SSSR count). The van der Waals surface area contributed by atoms with Crippen molar-refractivity contribution >= 4 is 0 Å². The summed E-state index contributed by atoms with van der Waals surface area (Å²) in [6.45, 7) is 5.98. The zero-order valence-corrected chi connectivity index (χ0v) is 7.81. The third-order valence-corrected chi connectivity index (χ3v) is 1.72. The molecule has 68 valence electrons. The Balaban J connectivity index is 3.02. The predicted molar refractivity (Wildman–Crippen MR) is 48.6 cm³/mol. The Kier molecular flexibility index (Phi) is 7.96. The maximum atomic E-state index is 5.53. The van der Waals surface area contributed by atoms with E-state index in [1.807, 2.05) is 0 Å². The third-order valence-electron chi connectivity index (χ3n) is 1.72. The van der Waals surface area contributed by atoms with E-state index in [2.05, 4.69) is 13.8 Å². The Hall–Kier alpha value is -0.0800. The van der Waals surface area contributed by atoms with E-state index in [-0.39, 0.29) is 0 Å². The van der Waals surface area contributed by atoms with Crippen molar-refractivity contribution in [1.82, 2.24) is 0 Å². The first-order chi connectivity index (χ1) is 5.31. The number of rotatable bonds is 7. The van der Waals surface area contributed by atoms with Crippen LogP contribution in [0.2, 0.25) is 0 Å². The van der Waals surface area contributed by atoms with Gasteiger partial charge in [-0.05, 0) is 32.7 Å². The van der Waals surface area contributed by atoms with Crippen LogP contribution in [0.5, 0.6) is 0 Å². The molecule has 0 amide bonds. The summed E-state index contributed by atoms with van der Waals surface area (Å²) in [5.41, 5.74) is 5.38. The minimum absolute atomic E-state index is 0.394. The average Bonchev–Trinajstić information content (AvgIpc) is 2.01. The van der Waals surface area contributed by atoms with Crippen LogP contribution < -0.4 is 5.73 Å². The van der Waals surface area contributed by atoms with Gasteiger partial charge in [0, 0.05) is 6.61 Å². The van der Waals surface area contributed by atoms with Gasteiger partial charge in [-0.15, -0.1) is 0 Å². The highest BCUT2D eigenvalue weighted by molar-refractivity contribution is 4.50. The molecule has 0 bridgehead atoms. The molecule has 0 radical (unpaired) electrons. The number of unbranched alkanes of at least 4 members (excludes halogenated alkanes) is 1. The number of hydrogen-bond donors (Lipinski definition) is 1. The van der Waals surface area contributed by atoms with Gasteiger partial charge >= 0.3 is 0 Å². The van der Waals surface area contributed by atoms with Crippen molar-refractivity contribution < 1.29 is 4.74 Å². The maximum absolute atomic E-state index is 5.53. The molecule has 0 aliphatic rings. The van der Waals surface area contributed by atoms with Gasteiger partial charge < -0.3 is 10.5 Å². The first kappa shape index (κ1) is 10.9. The van der Waals surface area contributed by atoms with E-state index in [4.69, 9.17) is 10.5 Å². The van der Waals surface area contributed by atoms with Gasteiger partial charge in [-0.3, -0.25) is 0 Å². The molecule has 2 nitrogen and oxygen atoms in total. The molecule has 0 saturated heterocycles. The van der Waals surface area contributed by atoms with E-state index >= 15 is 0 Å². The molecule has 2 N–H and O–H groups in total. The van der Waals surface area contributed by atoms with E-state index in [1.165, 1.54) is 12.8 Å². The Morgan fingerprint density at radius 3 is 2.64 bits per heavy atom. The monoisotopic (exact) mass is 159 g/mol. The fourth-order valence-electron chi connectivity index (χ4n) is 0.917. The van der Waals surface area contributed by atoms with Crippen LogP contribution in [0, 0.1) is 0 Å². The largest absolute Gasteiger partial charge is 0.379 e. The predicted octanol–water partition coefficient (Wildman–Crippen LogP) is 1.93. The van der Waals surface area contributed by atoms with Crippen molar-refractivity contribution in [3.05, 3.63) is 0 Å². The maximum Gasteiger partial charge on any atom is 0.0547 e. The van der Waals surface area contributed by atoms with Crippen molar-refractivity contribution in [2.75, 3.05) is 13.2 Å². The Morgan fingerprint density at radius 1 is 1.36 bits per heavy atom. The summed E-state index contributed by atoms with van der Waals surface area (Å²) in [5, 5.41) is 0. The van der Waals surface area contributed by atoms with E-state index < -0.39 is 0 Å². The summed E-state index contributed by atoms with van der Waals surface area (Å²) in [7, 11) is 0. The van der Waals surface area contributed by atoms with Gasteiger partial charge in [0.2, 0.25) is 0 Å². The highest BCUT2D eigenvalue weighted by Crippen LogP contribution is 2.01. The summed E-state index contributed by atoms with van der Waals surface area (Å²) in [5.74, 6) is 0. The second-order valence-electron chi connectivity index (χ2n) is 2.97. The second-order valence-corrected chi connectivity index (χ2v) is 2.97. The smallest absolute Gasteiger partial charge is 0.0547 e. The first-order valence-corrected chi connectivity index (χ1v) is 4.63. The Labute approximate surface area is 70.1 Å². The van der Waals surface area contributed by atoms with Crippen molar-refractivity contribution in [3.63, 3.8) is 0 Å². The zero-order valence-electron chi connectivity index (χ0n) is 7.81. The number of hydrogen-bond acceptors (Lipinski definition) is 2. The first-order valence-electron chi connectivity index (χ1n) is 4.63. The lowest BCUT2D eigenvalue weighted by molar-refractivity contribution is 0.0575. The lowest BCUT2D eigenvalue weighted by Crippen LogP contribution is -2.11. The lowest BCUT2D eigenvalue weighted by atomic mass is 10.2. The van der Waals surface area contributed by atoms with Crippen LogP contribution in [0.4, 0.5) is 0 Å². The van der Waals surface area contributed by atoms with Gasteiger partial charge in [-0.1, -0.05) is 13.3 Å². The van der Waals surface area contributed by atoms with Gasteiger partial charge in [0.1, 0.15) is 0 Å². The molecule has 0 aliphatic heterocycles. The lowest BCUT2D eigenvalue weighted by Gasteiger charge is -2.11. The van der Waals surface area contributed by atoms with Crippen LogP contribution in [0.1, 0.15) is 39.5 Å². The summed E-state index contributed by atoms with van der Waals surface area (Å²) >= 11 is 0. The fourth-order valence-corrected chi connectivity index (χ4v) is 0.917. The Bertz CT molecular complexity index is 76.0. The normalized spacial score (nSPS) is 13.4. The van der Waals surface area contributed by atoms with Crippen molar-refractivity contribution in [2.24, 2.45) is 5.73 Å². The SMILES string of the molecule is CCCCOC(C)CCCN. The standard InChI is InChI=1S/C9H21NO/c1-3-4-8-11-9(2)6-5-7-10/h9H,3-8,10H2,1-2H3. The summed E-state index contributed by atoms with van der Waals surface area (Å²) in [4.78, 5) is 0. The van der Waals surface area contributed by atoms with E-state index in [1.54, 1.807) is 0 Å². The van der Waals surface area contributed by atoms with Crippen LogP contribution >= 0.6 is 0 Å². The third kappa shape index (κ3) is 7.82. The molecular weight excluding hydrogens is 138 g/mol. The van der Waals surface area contributed by atoms with Crippen LogP contribution in [-0.2, 0) is 4.74 Å². The molecule has 0 aliphatic carbocycles. The molecule has 0 spiro atoms. The van der Waals surface area contributed by atoms with Gasteiger partial charge in [-0.25, -0.2) is 0 Å². The highest BCUT2D eigenvalue weighted by Gasteiger charge is 1.99. The molecule has 0 heterocycles. The summed E-state index contributed by atoms with van der Waals surface area (Å²) < 4.78 is 5.53. The molecule has 0 aromatic heterocycles. The van der Waals surface area contributed by atoms with Crippen molar-refractivity contribution in [2.45, 2.75) is 45.6 Å². The second kappa shape index (κ2) is 8.02. The minimum Gasteiger partial charge on any atom is -0.379 e. The molecule has 1 unspecified atom stereocenters. The van der Waals surface area contributed by atoms with Crippen molar-refractivity contribution in [3.8, 4) is 0 Å². The molecule has 0 saturated carbocycles. The number of ether oxygens (including phenoxy) is 1. The van der Waals surface area contributed by atoms with Crippen molar-refractivity contribution in [1.29, 1.82) is 0 Å². The Morgan fingerprint density at radius 2 is 2.09 bits per heavy atom. The van der Waals surface area contributed by atoms with E-state index in [9.17, 15) is 0 Å². The molecule has 0 aromatic carbocycles. The highest BCUT2D eigenvalue weighted by atomic mass is 16.5. The van der Waals surface area contributed by atoms with Gasteiger partial charge in [0.05, 0.1) is 6.10 Å². The molecule has 0 aromatic rings. The van der Waals surface area contributed by atoms with Crippen LogP contribution in [0.3, 0.4) is 0 Å². The van der Waals surface area contributed by atoms with Crippen LogP contribution in [0.25, 0.3) is 0 Å². The molecular formula is C9H21NO.